The number of hydrogen-bond donors (Lipinski definition) is 1. The number of hydrogen-bond acceptors (Lipinski definition) is 2. The molecule has 80 valence electrons. The molecule has 15 heavy (non-hydrogen) atoms. The second-order valence-electron chi connectivity index (χ2n) is 3.12. The quantitative estimate of drug-likeness (QED) is 0.834. The molecule has 0 aliphatic carbocycles. The summed E-state index contributed by atoms with van der Waals surface area (Å²) in [5, 5.41) is 8.56. The molecule has 0 bridgehead atoms. The number of carbonyl (C=O) groups excluding carboxylic acids is 1. The van der Waals surface area contributed by atoms with Gasteiger partial charge in [-0.05, 0) is 24.6 Å². The maximum Gasteiger partial charge on any atom is 0.338 e. The first-order chi connectivity index (χ1) is 6.91. The molecule has 0 heterocycles. The lowest BCUT2D eigenvalue weighted by Crippen LogP contribution is -2.06. The van der Waals surface area contributed by atoms with Gasteiger partial charge in [0, 0.05) is 6.42 Å². The van der Waals surface area contributed by atoms with E-state index in [1.165, 1.54) is 6.92 Å². The van der Waals surface area contributed by atoms with Crippen LogP contribution in [0.4, 0.5) is 8.78 Å². The Hall–Kier alpha value is -1.78. The number of Topliss-reactive ketones (excluding diaryl/α,β-unsaturated/α-hetero) is 1. The normalized spacial score (nSPS) is 10.1. The van der Waals surface area contributed by atoms with Crippen LogP contribution in [-0.4, -0.2) is 16.9 Å². The van der Waals surface area contributed by atoms with Gasteiger partial charge < -0.3 is 5.11 Å². The summed E-state index contributed by atoms with van der Waals surface area (Å²) in [4.78, 5) is 21.2. The highest BCUT2D eigenvalue weighted by Crippen LogP contribution is 2.15. The topological polar surface area (TPSA) is 54.4 Å². The van der Waals surface area contributed by atoms with Gasteiger partial charge in [0.1, 0.15) is 5.78 Å². The maximum absolute atomic E-state index is 12.9. The number of rotatable bonds is 3. The Balaban J connectivity index is 3.23. The van der Waals surface area contributed by atoms with Crippen LogP contribution in [0, 0.1) is 11.6 Å². The van der Waals surface area contributed by atoms with Crippen LogP contribution in [0.5, 0.6) is 0 Å². The second-order valence-corrected chi connectivity index (χ2v) is 3.12. The summed E-state index contributed by atoms with van der Waals surface area (Å²) in [6.45, 7) is 1.28. The number of carboxylic acid groups (broad SMARTS) is 1. The molecule has 0 saturated carbocycles. The average molecular weight is 214 g/mol. The zero-order valence-corrected chi connectivity index (χ0v) is 7.88. The second kappa shape index (κ2) is 4.16. The molecule has 1 aromatic rings. The lowest BCUT2D eigenvalue weighted by molar-refractivity contribution is -0.116. The zero-order valence-electron chi connectivity index (χ0n) is 7.88. The van der Waals surface area contributed by atoms with Crippen molar-refractivity contribution in [3.63, 3.8) is 0 Å². The van der Waals surface area contributed by atoms with E-state index < -0.39 is 23.2 Å². The smallest absolute Gasteiger partial charge is 0.338 e. The summed E-state index contributed by atoms with van der Waals surface area (Å²) in [5.41, 5.74) is -0.606. The SMILES string of the molecule is CC(=O)Cc1cc(F)c(F)c(C(=O)O)c1. The fraction of sp³-hybridized carbons (Fsp3) is 0.200. The molecule has 0 amide bonds. The van der Waals surface area contributed by atoms with Gasteiger partial charge in [0.2, 0.25) is 0 Å². The minimum atomic E-state index is -1.56. The standard InChI is InChI=1S/C10H8F2O3/c1-5(13)2-6-3-7(10(14)15)9(12)8(11)4-6/h3-4H,2H2,1H3,(H,14,15). The van der Waals surface area contributed by atoms with Gasteiger partial charge in [-0.2, -0.15) is 0 Å². The zero-order chi connectivity index (χ0) is 11.6. The summed E-state index contributed by atoms with van der Waals surface area (Å²) in [5.74, 6) is -4.48. The van der Waals surface area contributed by atoms with Crippen molar-refractivity contribution in [2.24, 2.45) is 0 Å². The Labute approximate surface area is 84.3 Å². The molecule has 0 atom stereocenters. The van der Waals surface area contributed by atoms with Crippen molar-refractivity contribution in [2.45, 2.75) is 13.3 Å². The van der Waals surface area contributed by atoms with Gasteiger partial charge in [-0.3, -0.25) is 4.79 Å². The van der Waals surface area contributed by atoms with E-state index in [1.807, 2.05) is 0 Å². The molecule has 0 aliphatic rings. The molecule has 0 aromatic heterocycles. The average Bonchev–Trinajstić information content (AvgIpc) is 2.09. The van der Waals surface area contributed by atoms with Crippen molar-refractivity contribution in [3.05, 3.63) is 34.9 Å². The molecule has 0 fully saturated rings. The molecule has 0 unspecified atom stereocenters. The maximum atomic E-state index is 12.9. The predicted molar refractivity (Wildman–Crippen MR) is 47.7 cm³/mol. The van der Waals surface area contributed by atoms with Crippen molar-refractivity contribution in [1.82, 2.24) is 0 Å². The lowest BCUT2D eigenvalue weighted by Gasteiger charge is -2.03. The van der Waals surface area contributed by atoms with E-state index >= 15 is 0 Å². The molecule has 1 aromatic carbocycles. The summed E-state index contributed by atoms with van der Waals surface area (Å²) in [7, 11) is 0. The predicted octanol–water partition coefficient (Wildman–Crippen LogP) is 1.79. The molecule has 1 rings (SSSR count). The number of aromatic carboxylic acids is 1. The van der Waals surface area contributed by atoms with Gasteiger partial charge in [-0.15, -0.1) is 0 Å². The van der Waals surface area contributed by atoms with Crippen LogP contribution in [-0.2, 0) is 11.2 Å². The Morgan fingerprint density at radius 2 is 1.93 bits per heavy atom. The van der Waals surface area contributed by atoms with Crippen LogP contribution >= 0.6 is 0 Å². The van der Waals surface area contributed by atoms with Gasteiger partial charge in [0.05, 0.1) is 5.56 Å². The van der Waals surface area contributed by atoms with Crippen LogP contribution < -0.4 is 0 Å². The molecular weight excluding hydrogens is 206 g/mol. The summed E-state index contributed by atoms with van der Waals surface area (Å²) < 4.78 is 25.8. The third-order valence-corrected chi connectivity index (χ3v) is 1.77. The highest BCUT2D eigenvalue weighted by molar-refractivity contribution is 5.88. The van der Waals surface area contributed by atoms with E-state index in [4.69, 9.17) is 5.11 Å². The van der Waals surface area contributed by atoms with Gasteiger partial charge in [-0.1, -0.05) is 0 Å². The third-order valence-electron chi connectivity index (χ3n) is 1.77. The molecule has 0 aliphatic heterocycles. The third kappa shape index (κ3) is 2.59. The number of ketones is 1. The molecule has 0 radical (unpaired) electrons. The van der Waals surface area contributed by atoms with E-state index in [-0.39, 0.29) is 17.8 Å². The fourth-order valence-electron chi connectivity index (χ4n) is 1.19. The first-order valence-corrected chi connectivity index (χ1v) is 4.12. The van der Waals surface area contributed by atoms with Gasteiger partial charge in [0.15, 0.2) is 11.6 Å². The van der Waals surface area contributed by atoms with Crippen LogP contribution in [0.2, 0.25) is 0 Å². The minimum absolute atomic E-state index is 0.114. The van der Waals surface area contributed by atoms with Gasteiger partial charge >= 0.3 is 5.97 Å². The molecular formula is C10H8F2O3. The Bertz CT molecular complexity index is 427. The molecule has 5 heteroatoms. The minimum Gasteiger partial charge on any atom is -0.478 e. The largest absolute Gasteiger partial charge is 0.478 e. The van der Waals surface area contributed by atoms with E-state index in [0.29, 0.717) is 0 Å². The molecule has 1 N–H and O–H groups in total. The summed E-state index contributed by atoms with van der Waals surface area (Å²) >= 11 is 0. The van der Waals surface area contributed by atoms with Gasteiger partial charge in [-0.25, -0.2) is 13.6 Å². The Morgan fingerprint density at radius 1 is 1.33 bits per heavy atom. The first kappa shape index (κ1) is 11.3. The summed E-state index contributed by atoms with van der Waals surface area (Å²) in [6.07, 6.45) is -0.114. The van der Waals surface area contributed by atoms with Crippen LogP contribution in [0.25, 0.3) is 0 Å². The van der Waals surface area contributed by atoms with Gasteiger partial charge in [0.25, 0.3) is 0 Å². The van der Waals surface area contributed by atoms with E-state index in [1.54, 1.807) is 0 Å². The van der Waals surface area contributed by atoms with Crippen LogP contribution in [0.1, 0.15) is 22.8 Å². The number of benzene rings is 1. The highest BCUT2D eigenvalue weighted by atomic mass is 19.2. The Morgan fingerprint density at radius 3 is 2.40 bits per heavy atom. The fourth-order valence-corrected chi connectivity index (χ4v) is 1.19. The Kier molecular flexibility index (Phi) is 3.14. The van der Waals surface area contributed by atoms with Crippen molar-refractivity contribution in [3.8, 4) is 0 Å². The molecule has 3 nitrogen and oxygen atoms in total. The van der Waals surface area contributed by atoms with Crippen LogP contribution in [0.15, 0.2) is 12.1 Å². The summed E-state index contributed by atoms with van der Waals surface area (Å²) in [6, 6.07) is 1.78. The van der Waals surface area contributed by atoms with E-state index in [2.05, 4.69) is 0 Å². The number of halogens is 2. The molecule has 0 saturated heterocycles. The van der Waals surface area contributed by atoms with Crippen molar-refractivity contribution in [1.29, 1.82) is 0 Å². The van der Waals surface area contributed by atoms with Crippen LogP contribution in [0.3, 0.4) is 0 Å². The van der Waals surface area contributed by atoms with E-state index in [0.717, 1.165) is 12.1 Å². The number of carbonyl (C=O) groups is 2. The van der Waals surface area contributed by atoms with Crippen molar-refractivity contribution < 1.29 is 23.5 Å². The molecule has 0 spiro atoms. The lowest BCUT2D eigenvalue weighted by atomic mass is 10.1. The monoisotopic (exact) mass is 214 g/mol. The van der Waals surface area contributed by atoms with Crippen molar-refractivity contribution >= 4 is 11.8 Å². The highest BCUT2D eigenvalue weighted by Gasteiger charge is 2.16. The van der Waals surface area contributed by atoms with E-state index in [9.17, 15) is 18.4 Å². The number of carboxylic acids is 1. The van der Waals surface area contributed by atoms with Crippen molar-refractivity contribution in [2.75, 3.05) is 0 Å². The first-order valence-electron chi connectivity index (χ1n) is 4.12.